The van der Waals surface area contributed by atoms with Gasteiger partial charge in [-0.1, -0.05) is 0 Å². The van der Waals surface area contributed by atoms with E-state index >= 15 is 0 Å². The van der Waals surface area contributed by atoms with Crippen molar-refractivity contribution < 1.29 is 23.1 Å². The highest BCUT2D eigenvalue weighted by Crippen LogP contribution is 2.29. The summed E-state index contributed by atoms with van der Waals surface area (Å²) >= 11 is 0. The number of anilines is 1. The van der Waals surface area contributed by atoms with Crippen molar-refractivity contribution in [2.45, 2.75) is 24.7 Å². The molecule has 1 aliphatic heterocycles. The van der Waals surface area contributed by atoms with Gasteiger partial charge in [-0.3, -0.25) is 4.79 Å². The number of amides is 1. The third-order valence-electron chi connectivity index (χ3n) is 4.67. The highest BCUT2D eigenvalue weighted by molar-refractivity contribution is 5.91. The topological polar surface area (TPSA) is 107 Å². The number of halogens is 3. The summed E-state index contributed by atoms with van der Waals surface area (Å²) < 4.78 is 37.3. The monoisotopic (exact) mass is 406 g/mol. The predicted molar refractivity (Wildman–Crippen MR) is 97.9 cm³/mol. The molecule has 1 amide bonds. The molecule has 0 unspecified atom stereocenters. The molecule has 0 aliphatic carbocycles. The van der Waals surface area contributed by atoms with E-state index in [4.69, 9.17) is 0 Å². The SMILES string of the molecule is O=C(NCC(F)(F)F)[C@H]1C[C@H](O)CN1c1ccnc(-c2c[nH]c3ncccc23)n1. The van der Waals surface area contributed by atoms with E-state index < -0.39 is 30.8 Å². The van der Waals surface area contributed by atoms with Gasteiger partial charge in [0.15, 0.2) is 5.82 Å². The first kappa shape index (κ1) is 19.1. The molecule has 1 aliphatic rings. The number of pyridine rings is 1. The fraction of sp³-hybridized carbons (Fsp3) is 0.333. The van der Waals surface area contributed by atoms with Crippen molar-refractivity contribution in [3.05, 3.63) is 36.8 Å². The number of β-amino-alcohol motifs (C(OH)–C–C–N with tert-alkyl or cyclic N) is 1. The van der Waals surface area contributed by atoms with Crippen LogP contribution in [0.25, 0.3) is 22.4 Å². The average molecular weight is 406 g/mol. The fourth-order valence-corrected chi connectivity index (χ4v) is 3.40. The summed E-state index contributed by atoms with van der Waals surface area (Å²) in [5.74, 6) is -0.0927. The standard InChI is InChI=1S/C18H17F3N6O2/c19-18(20,21)9-25-17(29)13-6-10(28)8-27(13)14-3-5-23-16(26-14)12-7-24-15-11(12)2-1-4-22-15/h1-5,7,10,13,28H,6,8-9H2,(H,22,24)(H,25,29)/t10-,13+/m0/s1. The maximum atomic E-state index is 12.4. The first-order chi connectivity index (χ1) is 13.8. The molecule has 2 atom stereocenters. The summed E-state index contributed by atoms with van der Waals surface area (Å²) in [4.78, 5) is 29.8. The van der Waals surface area contributed by atoms with Crippen LogP contribution in [0.1, 0.15) is 6.42 Å². The Kier molecular flexibility index (Phi) is 4.82. The number of aliphatic hydroxyl groups is 1. The molecule has 152 valence electrons. The summed E-state index contributed by atoms with van der Waals surface area (Å²) in [6.07, 6.45) is -0.489. The minimum atomic E-state index is -4.51. The minimum Gasteiger partial charge on any atom is -0.391 e. The van der Waals surface area contributed by atoms with Crippen LogP contribution in [0.15, 0.2) is 36.8 Å². The second-order valence-corrected chi connectivity index (χ2v) is 6.73. The van der Waals surface area contributed by atoms with Gasteiger partial charge >= 0.3 is 6.18 Å². The van der Waals surface area contributed by atoms with Crippen LogP contribution < -0.4 is 10.2 Å². The maximum absolute atomic E-state index is 12.4. The van der Waals surface area contributed by atoms with Crippen molar-refractivity contribution in [1.29, 1.82) is 0 Å². The third kappa shape index (κ3) is 3.99. The summed E-state index contributed by atoms with van der Waals surface area (Å²) in [7, 11) is 0. The number of nitrogens with zero attached hydrogens (tertiary/aromatic N) is 4. The Morgan fingerprint density at radius 1 is 1.31 bits per heavy atom. The first-order valence-electron chi connectivity index (χ1n) is 8.86. The highest BCUT2D eigenvalue weighted by atomic mass is 19.4. The Balaban J connectivity index is 1.62. The van der Waals surface area contributed by atoms with Gasteiger partial charge in [0.25, 0.3) is 0 Å². The number of hydrogen-bond donors (Lipinski definition) is 3. The van der Waals surface area contributed by atoms with E-state index in [0.29, 0.717) is 22.9 Å². The number of rotatable bonds is 4. The van der Waals surface area contributed by atoms with Crippen LogP contribution in [0.5, 0.6) is 0 Å². The zero-order valence-electron chi connectivity index (χ0n) is 15.0. The Morgan fingerprint density at radius 2 is 2.14 bits per heavy atom. The van der Waals surface area contributed by atoms with Gasteiger partial charge in [-0.15, -0.1) is 0 Å². The molecule has 8 nitrogen and oxygen atoms in total. The third-order valence-corrected chi connectivity index (χ3v) is 4.67. The van der Waals surface area contributed by atoms with Crippen LogP contribution in [-0.2, 0) is 4.79 Å². The normalized spacial score (nSPS) is 19.7. The quantitative estimate of drug-likeness (QED) is 0.608. The number of alkyl halides is 3. The van der Waals surface area contributed by atoms with Crippen LogP contribution in [-0.4, -0.2) is 62.4 Å². The zero-order valence-corrected chi connectivity index (χ0v) is 15.0. The van der Waals surface area contributed by atoms with E-state index in [1.807, 2.05) is 11.4 Å². The van der Waals surface area contributed by atoms with Crippen molar-refractivity contribution in [2.75, 3.05) is 18.0 Å². The lowest BCUT2D eigenvalue weighted by atomic mass is 10.2. The van der Waals surface area contributed by atoms with Gasteiger partial charge in [0, 0.05) is 42.5 Å². The van der Waals surface area contributed by atoms with Gasteiger partial charge in [-0.25, -0.2) is 15.0 Å². The molecular formula is C18H17F3N6O2. The van der Waals surface area contributed by atoms with Crippen LogP contribution >= 0.6 is 0 Å². The molecule has 3 aromatic heterocycles. The van der Waals surface area contributed by atoms with Gasteiger partial charge in [0.2, 0.25) is 5.91 Å². The maximum Gasteiger partial charge on any atom is 0.405 e. The number of H-pyrrole nitrogens is 1. The molecular weight excluding hydrogens is 389 g/mol. The Labute approximate surface area is 162 Å². The summed E-state index contributed by atoms with van der Waals surface area (Å²) in [6.45, 7) is -1.35. The molecule has 0 aromatic carbocycles. The number of fused-ring (bicyclic) bond motifs is 1. The van der Waals surface area contributed by atoms with Crippen LogP contribution in [0.4, 0.5) is 19.0 Å². The van der Waals surface area contributed by atoms with E-state index in [1.165, 1.54) is 11.1 Å². The molecule has 0 radical (unpaired) electrons. The molecule has 0 saturated carbocycles. The molecule has 0 bridgehead atoms. The largest absolute Gasteiger partial charge is 0.405 e. The molecule has 3 aromatic rings. The van der Waals surface area contributed by atoms with Crippen LogP contribution in [0.3, 0.4) is 0 Å². The lowest BCUT2D eigenvalue weighted by Crippen LogP contribution is -2.46. The lowest BCUT2D eigenvalue weighted by Gasteiger charge is -2.25. The second kappa shape index (κ2) is 7.32. The Hall–Kier alpha value is -3.21. The van der Waals surface area contributed by atoms with Crippen LogP contribution in [0, 0.1) is 0 Å². The molecule has 29 heavy (non-hydrogen) atoms. The molecule has 3 N–H and O–H groups in total. The predicted octanol–water partition coefficient (Wildman–Crippen LogP) is 1.64. The van der Waals surface area contributed by atoms with Crippen molar-refractivity contribution in [3.63, 3.8) is 0 Å². The number of aromatic nitrogens is 4. The number of nitrogens with one attached hydrogen (secondary N) is 2. The molecule has 1 fully saturated rings. The number of aromatic amines is 1. The Bertz CT molecular complexity index is 1040. The van der Waals surface area contributed by atoms with Crippen molar-refractivity contribution in [3.8, 4) is 11.4 Å². The molecule has 4 rings (SSSR count). The number of carbonyl (C=O) groups excluding carboxylic acids is 1. The zero-order chi connectivity index (χ0) is 20.6. The van der Waals surface area contributed by atoms with Gasteiger partial charge in [-0.05, 0) is 18.2 Å². The number of hydrogen-bond acceptors (Lipinski definition) is 6. The summed E-state index contributed by atoms with van der Waals surface area (Å²) in [5, 5.41) is 12.7. The summed E-state index contributed by atoms with van der Waals surface area (Å²) in [5.41, 5.74) is 1.37. The second-order valence-electron chi connectivity index (χ2n) is 6.73. The summed E-state index contributed by atoms with van der Waals surface area (Å²) in [6, 6.07) is 4.23. The number of carbonyl (C=O) groups is 1. The average Bonchev–Trinajstić information content (AvgIpc) is 3.29. The van der Waals surface area contributed by atoms with Gasteiger partial charge in [0.1, 0.15) is 24.1 Å². The van der Waals surface area contributed by atoms with Gasteiger partial charge in [-0.2, -0.15) is 13.2 Å². The number of aliphatic hydroxyl groups excluding tert-OH is 1. The fourth-order valence-electron chi connectivity index (χ4n) is 3.40. The van der Waals surface area contributed by atoms with Crippen molar-refractivity contribution in [2.24, 2.45) is 0 Å². The Morgan fingerprint density at radius 3 is 2.93 bits per heavy atom. The van der Waals surface area contributed by atoms with E-state index in [9.17, 15) is 23.1 Å². The van der Waals surface area contributed by atoms with Crippen molar-refractivity contribution >= 4 is 22.8 Å². The molecule has 4 heterocycles. The van der Waals surface area contributed by atoms with Gasteiger partial charge in [0.05, 0.1) is 6.10 Å². The van der Waals surface area contributed by atoms with Crippen molar-refractivity contribution in [1.82, 2.24) is 25.3 Å². The highest BCUT2D eigenvalue weighted by Gasteiger charge is 2.38. The van der Waals surface area contributed by atoms with E-state index in [-0.39, 0.29) is 13.0 Å². The smallest absolute Gasteiger partial charge is 0.391 e. The van der Waals surface area contributed by atoms with Crippen LogP contribution in [0.2, 0.25) is 0 Å². The lowest BCUT2D eigenvalue weighted by molar-refractivity contribution is -0.139. The van der Waals surface area contributed by atoms with E-state index in [1.54, 1.807) is 24.5 Å². The van der Waals surface area contributed by atoms with Gasteiger partial charge < -0.3 is 20.3 Å². The van der Waals surface area contributed by atoms with E-state index in [2.05, 4.69) is 19.9 Å². The molecule has 1 saturated heterocycles. The minimum absolute atomic E-state index is 0.0139. The first-order valence-corrected chi connectivity index (χ1v) is 8.86. The molecule has 11 heteroatoms. The molecule has 0 spiro atoms. The van der Waals surface area contributed by atoms with E-state index in [0.717, 1.165) is 5.39 Å².